The van der Waals surface area contributed by atoms with Crippen molar-refractivity contribution in [1.82, 2.24) is 4.90 Å². The van der Waals surface area contributed by atoms with Gasteiger partial charge in [0.15, 0.2) is 0 Å². The van der Waals surface area contributed by atoms with Crippen LogP contribution in [-0.4, -0.2) is 30.1 Å². The molecule has 2 aliphatic rings. The highest BCUT2D eigenvalue weighted by molar-refractivity contribution is 4.82. The summed E-state index contributed by atoms with van der Waals surface area (Å²) >= 11 is 0. The zero-order chi connectivity index (χ0) is 10.7. The zero-order valence-corrected chi connectivity index (χ0v) is 10.1. The van der Waals surface area contributed by atoms with E-state index in [1.54, 1.807) is 0 Å². The average Bonchev–Trinajstić information content (AvgIpc) is 2.50. The molecule has 0 aromatic heterocycles. The molecule has 0 aromatic rings. The molecule has 0 aromatic carbocycles. The maximum Gasteiger partial charge on any atom is 0.00670 e. The van der Waals surface area contributed by atoms with Gasteiger partial charge in [0.05, 0.1) is 0 Å². The van der Waals surface area contributed by atoms with E-state index in [0.29, 0.717) is 6.04 Å². The Morgan fingerprint density at radius 3 is 2.73 bits per heavy atom. The van der Waals surface area contributed by atoms with Gasteiger partial charge in [-0.25, -0.2) is 0 Å². The molecule has 2 N–H and O–H groups in total. The third kappa shape index (κ3) is 3.18. The zero-order valence-electron chi connectivity index (χ0n) is 10.1. The maximum absolute atomic E-state index is 5.98. The summed E-state index contributed by atoms with van der Waals surface area (Å²) in [6, 6.07) is 1.31. The number of hydrogen-bond acceptors (Lipinski definition) is 2. The summed E-state index contributed by atoms with van der Waals surface area (Å²) in [4.78, 5) is 2.72. The lowest BCUT2D eigenvalue weighted by atomic mass is 10.1. The van der Waals surface area contributed by atoms with Crippen LogP contribution in [-0.2, 0) is 0 Å². The number of nitrogens with two attached hydrogens (primary N) is 1. The Hall–Kier alpha value is -0.0800. The van der Waals surface area contributed by atoms with Gasteiger partial charge in [0, 0.05) is 18.6 Å². The van der Waals surface area contributed by atoms with Crippen LogP contribution in [0.4, 0.5) is 0 Å². The second kappa shape index (κ2) is 5.31. The molecule has 2 fully saturated rings. The lowest BCUT2D eigenvalue weighted by Gasteiger charge is -2.29. The van der Waals surface area contributed by atoms with E-state index >= 15 is 0 Å². The Labute approximate surface area is 94.2 Å². The molecule has 0 bridgehead atoms. The lowest BCUT2D eigenvalue weighted by Crippen LogP contribution is -2.36. The molecule has 1 saturated heterocycles. The summed E-state index contributed by atoms with van der Waals surface area (Å²) in [5, 5.41) is 0. The summed E-state index contributed by atoms with van der Waals surface area (Å²) in [5.41, 5.74) is 5.98. The van der Waals surface area contributed by atoms with E-state index in [4.69, 9.17) is 5.73 Å². The van der Waals surface area contributed by atoms with Crippen molar-refractivity contribution in [2.24, 2.45) is 11.7 Å². The highest BCUT2D eigenvalue weighted by atomic mass is 15.2. The van der Waals surface area contributed by atoms with Gasteiger partial charge in [-0.2, -0.15) is 0 Å². The number of likely N-dealkylation sites (tertiary alicyclic amines) is 1. The van der Waals surface area contributed by atoms with Gasteiger partial charge >= 0.3 is 0 Å². The Kier molecular flexibility index (Phi) is 4.04. The van der Waals surface area contributed by atoms with E-state index in [2.05, 4.69) is 11.8 Å². The van der Waals surface area contributed by atoms with Crippen LogP contribution in [0.15, 0.2) is 0 Å². The van der Waals surface area contributed by atoms with E-state index < -0.39 is 0 Å². The summed E-state index contributed by atoms with van der Waals surface area (Å²) in [6.45, 7) is 5.04. The number of rotatable bonds is 2. The van der Waals surface area contributed by atoms with Gasteiger partial charge in [0.1, 0.15) is 0 Å². The largest absolute Gasteiger partial charge is 0.328 e. The molecule has 15 heavy (non-hydrogen) atoms. The topological polar surface area (TPSA) is 29.3 Å². The lowest BCUT2D eigenvalue weighted by molar-refractivity contribution is 0.181. The fourth-order valence-electron chi connectivity index (χ4n) is 3.22. The smallest absolute Gasteiger partial charge is 0.00670 e. The van der Waals surface area contributed by atoms with E-state index in [1.807, 2.05) is 0 Å². The van der Waals surface area contributed by atoms with Crippen LogP contribution in [0.5, 0.6) is 0 Å². The highest BCUT2D eigenvalue weighted by Crippen LogP contribution is 2.27. The van der Waals surface area contributed by atoms with Crippen molar-refractivity contribution in [3.63, 3.8) is 0 Å². The van der Waals surface area contributed by atoms with Crippen LogP contribution >= 0.6 is 0 Å². The minimum absolute atomic E-state index is 0.497. The molecule has 2 heteroatoms. The molecule has 2 rings (SSSR count). The predicted molar refractivity (Wildman–Crippen MR) is 64.8 cm³/mol. The third-order valence-electron chi connectivity index (χ3n) is 4.27. The minimum Gasteiger partial charge on any atom is -0.328 e. The van der Waals surface area contributed by atoms with Gasteiger partial charge in [0.25, 0.3) is 0 Å². The van der Waals surface area contributed by atoms with E-state index in [-0.39, 0.29) is 0 Å². The van der Waals surface area contributed by atoms with Gasteiger partial charge < -0.3 is 10.6 Å². The van der Waals surface area contributed by atoms with Crippen molar-refractivity contribution in [3.8, 4) is 0 Å². The van der Waals surface area contributed by atoms with E-state index in [9.17, 15) is 0 Å². The van der Waals surface area contributed by atoms with E-state index in [0.717, 1.165) is 12.0 Å². The van der Waals surface area contributed by atoms with Gasteiger partial charge in [-0.1, -0.05) is 12.8 Å². The maximum atomic E-state index is 5.98. The molecule has 1 aliphatic heterocycles. The first-order valence-corrected chi connectivity index (χ1v) is 6.75. The molecule has 2 nitrogen and oxygen atoms in total. The monoisotopic (exact) mass is 210 g/mol. The summed E-state index contributed by atoms with van der Waals surface area (Å²) in [7, 11) is 0. The second-order valence-corrected chi connectivity index (χ2v) is 5.63. The molecule has 0 amide bonds. The fourth-order valence-corrected chi connectivity index (χ4v) is 3.22. The van der Waals surface area contributed by atoms with Crippen LogP contribution in [0.2, 0.25) is 0 Å². The predicted octanol–water partition coefficient (Wildman–Crippen LogP) is 2.38. The molecule has 1 aliphatic carbocycles. The van der Waals surface area contributed by atoms with Crippen molar-refractivity contribution >= 4 is 0 Å². The molecule has 1 heterocycles. The molecular formula is C13H26N2. The van der Waals surface area contributed by atoms with Gasteiger partial charge in [-0.15, -0.1) is 0 Å². The van der Waals surface area contributed by atoms with Crippen LogP contribution in [0, 0.1) is 5.92 Å². The van der Waals surface area contributed by atoms with Crippen molar-refractivity contribution in [2.45, 2.75) is 64.0 Å². The SMILES string of the molecule is CC1CCCCCN1CC1CCC(N)C1. The van der Waals surface area contributed by atoms with Crippen LogP contribution in [0.25, 0.3) is 0 Å². The Balaban J connectivity index is 1.81. The van der Waals surface area contributed by atoms with Crippen molar-refractivity contribution in [3.05, 3.63) is 0 Å². The standard InChI is InChI=1S/C13H26N2/c1-11-5-3-2-4-8-15(11)10-12-6-7-13(14)9-12/h11-13H,2-10,14H2,1H3. The summed E-state index contributed by atoms with van der Waals surface area (Å²) in [6.07, 6.45) is 9.56. The van der Waals surface area contributed by atoms with E-state index in [1.165, 1.54) is 58.0 Å². The second-order valence-electron chi connectivity index (χ2n) is 5.63. The first-order valence-electron chi connectivity index (χ1n) is 6.75. The van der Waals surface area contributed by atoms with Crippen molar-refractivity contribution in [2.75, 3.05) is 13.1 Å². The first-order chi connectivity index (χ1) is 7.25. The molecule has 0 radical (unpaired) electrons. The van der Waals surface area contributed by atoms with Crippen LogP contribution in [0.3, 0.4) is 0 Å². The van der Waals surface area contributed by atoms with Gasteiger partial charge in [-0.05, 0) is 51.5 Å². The Morgan fingerprint density at radius 2 is 2.00 bits per heavy atom. The van der Waals surface area contributed by atoms with Crippen LogP contribution in [0.1, 0.15) is 51.9 Å². The highest BCUT2D eigenvalue weighted by Gasteiger charge is 2.26. The first kappa shape index (κ1) is 11.4. The molecule has 1 saturated carbocycles. The van der Waals surface area contributed by atoms with Gasteiger partial charge in [-0.3, -0.25) is 0 Å². The molecule has 88 valence electrons. The Bertz CT molecular complexity index is 193. The Morgan fingerprint density at radius 1 is 1.13 bits per heavy atom. The summed E-state index contributed by atoms with van der Waals surface area (Å²) < 4.78 is 0. The minimum atomic E-state index is 0.497. The molecule has 0 spiro atoms. The fraction of sp³-hybridized carbons (Fsp3) is 1.00. The molecular weight excluding hydrogens is 184 g/mol. The summed E-state index contributed by atoms with van der Waals surface area (Å²) in [5.74, 6) is 0.889. The van der Waals surface area contributed by atoms with Crippen molar-refractivity contribution < 1.29 is 0 Å². The number of hydrogen-bond donors (Lipinski definition) is 1. The van der Waals surface area contributed by atoms with Gasteiger partial charge in [0.2, 0.25) is 0 Å². The van der Waals surface area contributed by atoms with Crippen molar-refractivity contribution in [1.29, 1.82) is 0 Å². The third-order valence-corrected chi connectivity index (χ3v) is 4.27. The number of nitrogens with zero attached hydrogens (tertiary/aromatic N) is 1. The quantitative estimate of drug-likeness (QED) is 0.758. The molecule has 3 unspecified atom stereocenters. The van der Waals surface area contributed by atoms with Crippen LogP contribution < -0.4 is 5.73 Å². The average molecular weight is 210 g/mol. The normalized spacial score (nSPS) is 39.2. The molecule has 3 atom stereocenters.